The van der Waals surface area contributed by atoms with Crippen molar-refractivity contribution in [2.24, 2.45) is 10.7 Å². The highest BCUT2D eigenvalue weighted by molar-refractivity contribution is 8.00. The lowest BCUT2D eigenvalue weighted by Crippen LogP contribution is -2.10. The predicted molar refractivity (Wildman–Crippen MR) is 104 cm³/mol. The molecule has 0 amide bonds. The number of hydrogen-bond donors (Lipinski definition) is 1. The summed E-state index contributed by atoms with van der Waals surface area (Å²) in [5.41, 5.74) is 7.78. The Morgan fingerprint density at radius 2 is 2.22 bits per heavy atom. The van der Waals surface area contributed by atoms with Crippen LogP contribution in [0.2, 0.25) is 0 Å². The molecule has 3 rings (SSSR count). The Morgan fingerprint density at radius 1 is 1.37 bits per heavy atom. The number of nitrogens with two attached hydrogens (primary N) is 1. The van der Waals surface area contributed by atoms with Gasteiger partial charge in [0, 0.05) is 7.05 Å². The molecule has 7 nitrogen and oxygen atoms in total. The number of allylic oxidation sites excluding steroid dienone is 1. The molecular weight excluding hydrogens is 369 g/mol. The lowest BCUT2D eigenvalue weighted by molar-refractivity contribution is 0.316. The molecule has 3 heterocycles. The minimum absolute atomic E-state index is 0.384. The number of anilines is 1. The van der Waals surface area contributed by atoms with Crippen LogP contribution in [0, 0.1) is 5.82 Å². The molecule has 0 fully saturated rings. The fourth-order valence-electron chi connectivity index (χ4n) is 2.46. The van der Waals surface area contributed by atoms with Gasteiger partial charge in [-0.15, -0.1) is 0 Å². The van der Waals surface area contributed by atoms with Crippen molar-refractivity contribution in [2.75, 3.05) is 31.1 Å². The minimum atomic E-state index is -0.426. The lowest BCUT2D eigenvalue weighted by atomic mass is 10.1. The molecule has 0 saturated heterocycles. The molecule has 0 radical (unpaired) electrons. The zero-order chi connectivity index (χ0) is 19.2. The number of rotatable bonds is 6. The molecule has 2 aromatic heterocycles. The summed E-state index contributed by atoms with van der Waals surface area (Å²) < 4.78 is 26.6. The van der Waals surface area contributed by atoms with E-state index in [1.54, 1.807) is 12.3 Å². The summed E-state index contributed by atoms with van der Waals surface area (Å²) in [6.45, 7) is 3.28. The van der Waals surface area contributed by atoms with E-state index in [0.29, 0.717) is 42.1 Å². The number of hydrogen-bond acceptors (Lipinski definition) is 8. The first-order chi connectivity index (χ1) is 13.1. The molecule has 2 aromatic rings. The Kier molecular flexibility index (Phi) is 6.12. The van der Waals surface area contributed by atoms with Gasteiger partial charge < -0.3 is 19.5 Å². The largest absolute Gasteiger partial charge is 0.477 e. The maximum Gasteiger partial charge on any atom is 0.229 e. The molecule has 0 aromatic carbocycles. The van der Waals surface area contributed by atoms with Gasteiger partial charge >= 0.3 is 0 Å². The van der Waals surface area contributed by atoms with Crippen molar-refractivity contribution in [2.45, 2.75) is 11.8 Å². The molecule has 9 heteroatoms. The van der Waals surface area contributed by atoms with Crippen molar-refractivity contribution < 1.29 is 13.9 Å². The van der Waals surface area contributed by atoms with E-state index in [2.05, 4.69) is 15.0 Å². The van der Waals surface area contributed by atoms with E-state index in [1.807, 2.05) is 24.3 Å². The molecule has 0 unspecified atom stereocenters. The lowest BCUT2D eigenvalue weighted by Gasteiger charge is -2.20. The summed E-state index contributed by atoms with van der Waals surface area (Å²) in [5, 5.41) is 0. The predicted octanol–water partition coefficient (Wildman–Crippen LogP) is 2.81. The third-order valence-electron chi connectivity index (χ3n) is 3.64. The van der Waals surface area contributed by atoms with Crippen molar-refractivity contribution in [3.8, 4) is 11.8 Å². The fourth-order valence-corrected chi connectivity index (χ4v) is 3.31. The van der Waals surface area contributed by atoms with Crippen LogP contribution in [0.25, 0.3) is 0 Å². The van der Waals surface area contributed by atoms with E-state index in [-0.39, 0.29) is 0 Å². The van der Waals surface area contributed by atoms with Crippen molar-refractivity contribution in [1.29, 1.82) is 0 Å². The highest BCUT2D eigenvalue weighted by Gasteiger charge is 2.17. The van der Waals surface area contributed by atoms with E-state index < -0.39 is 5.82 Å². The van der Waals surface area contributed by atoms with Crippen LogP contribution in [0.1, 0.15) is 12.5 Å². The number of pyridine rings is 2. The Labute approximate surface area is 161 Å². The number of aliphatic imine (C=N–C) groups is 1. The molecule has 1 aliphatic heterocycles. The summed E-state index contributed by atoms with van der Waals surface area (Å²) in [4.78, 5) is 13.4. The molecule has 0 spiro atoms. The first-order valence-electron chi connectivity index (χ1n) is 8.38. The van der Waals surface area contributed by atoms with Gasteiger partial charge in [-0.1, -0.05) is 0 Å². The normalized spacial score (nSPS) is 13.5. The number of fused-ring (bicyclic) bond motifs is 1. The fraction of sp³-hybridized carbons (Fsp3) is 0.278. The minimum Gasteiger partial charge on any atom is -0.477 e. The van der Waals surface area contributed by atoms with Gasteiger partial charge in [-0.2, -0.15) is 0 Å². The molecule has 0 atom stereocenters. The van der Waals surface area contributed by atoms with Gasteiger partial charge in [0.05, 0.1) is 47.4 Å². The number of ether oxygens (including phenoxy) is 2. The highest BCUT2D eigenvalue weighted by Crippen LogP contribution is 2.34. The Balaban J connectivity index is 1.90. The maximum atomic E-state index is 13.6. The monoisotopic (exact) mass is 389 g/mol. The number of nitrogens with zero attached hydrogens (tertiary/aromatic N) is 4. The summed E-state index contributed by atoms with van der Waals surface area (Å²) >= 11 is 1.29. The van der Waals surface area contributed by atoms with Crippen molar-refractivity contribution in [1.82, 2.24) is 9.97 Å². The first kappa shape index (κ1) is 19.0. The zero-order valence-corrected chi connectivity index (χ0v) is 15.9. The van der Waals surface area contributed by atoms with Gasteiger partial charge in [-0.3, -0.25) is 4.99 Å². The maximum absolute atomic E-state index is 13.6. The third-order valence-corrected chi connectivity index (χ3v) is 4.62. The standard InChI is InChI=1S/C18H20FN5O2S/c1-3-25-18-16(8-12(19)10-22-18)27-24(2)13-9-14-15(4-5-20)21-6-7-26-17(14)23-11-13/h4-5,8-11H,3,6-7,20H2,1-2H3. The van der Waals surface area contributed by atoms with Gasteiger partial charge in [-0.05, 0) is 43.3 Å². The van der Waals surface area contributed by atoms with Gasteiger partial charge in [0.15, 0.2) is 0 Å². The van der Waals surface area contributed by atoms with Crippen LogP contribution in [0.4, 0.5) is 10.1 Å². The Hall–Kier alpha value is -2.81. The zero-order valence-electron chi connectivity index (χ0n) is 15.1. The van der Waals surface area contributed by atoms with Crippen molar-refractivity contribution in [3.05, 3.63) is 48.2 Å². The van der Waals surface area contributed by atoms with Gasteiger partial charge in [0.1, 0.15) is 12.4 Å². The van der Waals surface area contributed by atoms with Crippen molar-refractivity contribution in [3.63, 3.8) is 0 Å². The second-order valence-electron chi connectivity index (χ2n) is 5.50. The van der Waals surface area contributed by atoms with Gasteiger partial charge in [-0.25, -0.2) is 14.4 Å². The SMILES string of the molecule is CCOc1ncc(F)cc1SN(C)c1cnc2c(c1)C(C=CN)=NCCO2. The average Bonchev–Trinajstić information content (AvgIpc) is 2.86. The van der Waals surface area contributed by atoms with Crippen LogP contribution in [-0.4, -0.2) is 42.5 Å². The molecular formula is C18H20FN5O2S. The second-order valence-corrected chi connectivity index (χ2v) is 6.67. The van der Waals surface area contributed by atoms with Crippen LogP contribution in [0.5, 0.6) is 11.8 Å². The molecule has 2 N–H and O–H groups in total. The first-order valence-corrected chi connectivity index (χ1v) is 9.15. The molecule has 0 bridgehead atoms. The highest BCUT2D eigenvalue weighted by atomic mass is 32.2. The summed E-state index contributed by atoms with van der Waals surface area (Å²) in [5.74, 6) is 0.467. The van der Waals surface area contributed by atoms with Crippen molar-refractivity contribution >= 4 is 23.3 Å². The molecule has 0 saturated carbocycles. The van der Waals surface area contributed by atoms with Crippen LogP contribution in [0.3, 0.4) is 0 Å². The van der Waals surface area contributed by atoms with E-state index >= 15 is 0 Å². The summed E-state index contributed by atoms with van der Waals surface area (Å²) in [6, 6.07) is 3.30. The number of halogens is 1. The molecule has 142 valence electrons. The van der Waals surface area contributed by atoms with Gasteiger partial charge in [0.25, 0.3) is 0 Å². The van der Waals surface area contributed by atoms with Crippen LogP contribution in [0.15, 0.2) is 46.7 Å². The van der Waals surface area contributed by atoms with E-state index in [1.165, 1.54) is 24.2 Å². The summed E-state index contributed by atoms with van der Waals surface area (Å²) in [7, 11) is 1.85. The van der Waals surface area contributed by atoms with E-state index in [9.17, 15) is 4.39 Å². The van der Waals surface area contributed by atoms with Gasteiger partial charge in [0.2, 0.25) is 11.8 Å². The average molecular weight is 389 g/mol. The number of aromatic nitrogens is 2. The molecule has 27 heavy (non-hydrogen) atoms. The smallest absolute Gasteiger partial charge is 0.229 e. The Bertz CT molecular complexity index is 875. The Morgan fingerprint density at radius 3 is 3.00 bits per heavy atom. The van der Waals surface area contributed by atoms with E-state index in [4.69, 9.17) is 15.2 Å². The summed E-state index contributed by atoms with van der Waals surface area (Å²) in [6.07, 6.45) is 5.98. The molecule has 0 aliphatic carbocycles. The van der Waals surface area contributed by atoms with Crippen LogP contribution >= 0.6 is 11.9 Å². The molecule has 1 aliphatic rings. The topological polar surface area (TPSA) is 85.9 Å². The second kappa shape index (κ2) is 8.72. The van der Waals surface area contributed by atoms with Crippen LogP contribution < -0.4 is 19.5 Å². The van der Waals surface area contributed by atoms with Crippen LogP contribution in [-0.2, 0) is 0 Å². The van der Waals surface area contributed by atoms with E-state index in [0.717, 1.165) is 17.4 Å². The quantitative estimate of drug-likeness (QED) is 0.760. The third kappa shape index (κ3) is 4.48.